The van der Waals surface area contributed by atoms with Crippen molar-refractivity contribution in [1.82, 2.24) is 9.55 Å². The summed E-state index contributed by atoms with van der Waals surface area (Å²) in [6.07, 6.45) is 1.19. The second-order valence-electron chi connectivity index (χ2n) is 5.11. The number of aromatic amines is 1. The topological polar surface area (TPSA) is 75.1 Å². The number of nitrogens with one attached hydrogen (secondary N) is 1. The minimum absolute atomic E-state index is 0.0768. The van der Waals surface area contributed by atoms with Crippen molar-refractivity contribution in [1.29, 1.82) is 0 Å². The van der Waals surface area contributed by atoms with Crippen LogP contribution in [0.1, 0.15) is 36.4 Å². The summed E-state index contributed by atoms with van der Waals surface area (Å²) in [5, 5.41) is 10.2. The van der Waals surface area contributed by atoms with Crippen LogP contribution in [0.25, 0.3) is 0 Å². The van der Waals surface area contributed by atoms with Gasteiger partial charge in [-0.1, -0.05) is 37.3 Å². The number of aromatic hydroxyl groups is 1. The molecule has 104 valence electrons. The molecule has 1 aromatic carbocycles. The Hall–Kier alpha value is -2.30. The second-order valence-corrected chi connectivity index (χ2v) is 5.11. The summed E-state index contributed by atoms with van der Waals surface area (Å²) in [4.78, 5) is 25.8. The van der Waals surface area contributed by atoms with Gasteiger partial charge in [-0.05, 0) is 18.4 Å². The van der Waals surface area contributed by atoms with Crippen LogP contribution in [0, 0.1) is 0 Å². The van der Waals surface area contributed by atoms with Crippen LogP contribution < -0.4 is 11.2 Å². The normalized spacial score (nSPS) is 20.9. The van der Waals surface area contributed by atoms with Gasteiger partial charge >= 0.3 is 5.69 Å². The van der Waals surface area contributed by atoms with Crippen LogP contribution >= 0.6 is 0 Å². The van der Waals surface area contributed by atoms with E-state index in [2.05, 4.69) is 4.98 Å². The summed E-state index contributed by atoms with van der Waals surface area (Å²) < 4.78 is 1.32. The molecule has 3 rings (SSSR count). The molecule has 0 radical (unpaired) electrons. The number of rotatable bonds is 3. The Labute approximate surface area is 115 Å². The quantitative estimate of drug-likeness (QED) is 0.889. The maximum atomic E-state index is 11.9. The first-order valence-corrected chi connectivity index (χ1v) is 6.75. The van der Waals surface area contributed by atoms with E-state index in [9.17, 15) is 14.7 Å². The summed E-state index contributed by atoms with van der Waals surface area (Å²) in [5.74, 6) is 0.0279. The predicted molar refractivity (Wildman–Crippen MR) is 75.2 cm³/mol. The molecule has 1 aliphatic carbocycles. The molecule has 2 N–H and O–H groups in total. The Morgan fingerprint density at radius 1 is 1.30 bits per heavy atom. The van der Waals surface area contributed by atoms with Gasteiger partial charge in [0, 0.05) is 12.0 Å². The monoisotopic (exact) mass is 272 g/mol. The molecule has 2 aromatic rings. The SMILES string of the molecule is CCc1c(O)n(C2CC2c2ccccc2)c(=O)[nH]c1=O. The number of benzene rings is 1. The maximum absolute atomic E-state index is 11.9. The number of aromatic nitrogens is 2. The van der Waals surface area contributed by atoms with Crippen molar-refractivity contribution < 1.29 is 5.11 Å². The molecular formula is C15H16N2O3. The van der Waals surface area contributed by atoms with E-state index in [0.29, 0.717) is 6.42 Å². The Kier molecular flexibility index (Phi) is 2.97. The Morgan fingerprint density at radius 3 is 2.65 bits per heavy atom. The molecule has 2 unspecified atom stereocenters. The molecule has 0 amide bonds. The predicted octanol–water partition coefficient (Wildman–Crippen LogP) is 1.53. The highest BCUT2D eigenvalue weighted by Crippen LogP contribution is 2.51. The molecule has 0 saturated heterocycles. The second kappa shape index (κ2) is 4.67. The van der Waals surface area contributed by atoms with Gasteiger partial charge in [0.25, 0.3) is 5.56 Å². The fourth-order valence-electron chi connectivity index (χ4n) is 2.73. The van der Waals surface area contributed by atoms with Gasteiger partial charge < -0.3 is 5.11 Å². The van der Waals surface area contributed by atoms with Crippen molar-refractivity contribution in [2.75, 3.05) is 0 Å². The van der Waals surface area contributed by atoms with Gasteiger partial charge in [-0.25, -0.2) is 4.79 Å². The first kappa shape index (κ1) is 12.7. The van der Waals surface area contributed by atoms with Crippen molar-refractivity contribution >= 4 is 0 Å². The zero-order valence-corrected chi connectivity index (χ0v) is 11.2. The van der Waals surface area contributed by atoms with Gasteiger partial charge in [-0.15, -0.1) is 0 Å². The summed E-state index contributed by atoms with van der Waals surface area (Å²) in [7, 11) is 0. The van der Waals surface area contributed by atoms with Gasteiger partial charge in [0.2, 0.25) is 5.88 Å². The van der Waals surface area contributed by atoms with Crippen LogP contribution in [-0.4, -0.2) is 14.7 Å². The Morgan fingerprint density at radius 2 is 2.00 bits per heavy atom. The van der Waals surface area contributed by atoms with E-state index < -0.39 is 11.2 Å². The van der Waals surface area contributed by atoms with Gasteiger partial charge in [-0.3, -0.25) is 14.3 Å². The average Bonchev–Trinajstić information content (AvgIpc) is 3.20. The third kappa shape index (κ3) is 1.95. The average molecular weight is 272 g/mol. The lowest BCUT2D eigenvalue weighted by Crippen LogP contribution is -2.32. The summed E-state index contributed by atoms with van der Waals surface area (Å²) in [6.45, 7) is 1.78. The van der Waals surface area contributed by atoms with Crippen LogP contribution in [0.3, 0.4) is 0 Å². The van der Waals surface area contributed by atoms with E-state index >= 15 is 0 Å². The zero-order valence-electron chi connectivity index (χ0n) is 11.2. The molecule has 0 spiro atoms. The van der Waals surface area contributed by atoms with Gasteiger partial charge in [-0.2, -0.15) is 0 Å². The van der Waals surface area contributed by atoms with Crippen LogP contribution in [0.15, 0.2) is 39.9 Å². The van der Waals surface area contributed by atoms with E-state index in [0.717, 1.165) is 12.0 Å². The molecule has 1 fully saturated rings. The van der Waals surface area contributed by atoms with E-state index in [-0.39, 0.29) is 23.4 Å². The van der Waals surface area contributed by atoms with E-state index in [4.69, 9.17) is 0 Å². The molecular weight excluding hydrogens is 256 g/mol. The van der Waals surface area contributed by atoms with Crippen LogP contribution in [0.5, 0.6) is 5.88 Å². The minimum atomic E-state index is -0.534. The molecule has 1 aliphatic rings. The largest absolute Gasteiger partial charge is 0.494 e. The van der Waals surface area contributed by atoms with E-state index in [1.54, 1.807) is 6.92 Å². The summed E-state index contributed by atoms with van der Waals surface area (Å²) in [6, 6.07) is 9.81. The first-order chi connectivity index (χ1) is 9.63. The van der Waals surface area contributed by atoms with Crippen LogP contribution in [0.2, 0.25) is 0 Å². The highest BCUT2D eigenvalue weighted by Gasteiger charge is 2.42. The van der Waals surface area contributed by atoms with Crippen molar-refractivity contribution in [3.8, 4) is 5.88 Å². The van der Waals surface area contributed by atoms with Crippen molar-refractivity contribution in [3.05, 3.63) is 62.3 Å². The van der Waals surface area contributed by atoms with Crippen LogP contribution in [-0.2, 0) is 6.42 Å². The fourth-order valence-corrected chi connectivity index (χ4v) is 2.73. The van der Waals surface area contributed by atoms with Crippen molar-refractivity contribution in [2.45, 2.75) is 31.7 Å². The van der Waals surface area contributed by atoms with Crippen LogP contribution in [0.4, 0.5) is 0 Å². The highest BCUT2D eigenvalue weighted by atomic mass is 16.3. The van der Waals surface area contributed by atoms with E-state index in [1.807, 2.05) is 30.3 Å². The molecule has 0 bridgehead atoms. The molecule has 1 aromatic heterocycles. The maximum Gasteiger partial charge on any atom is 0.331 e. The van der Waals surface area contributed by atoms with Crippen molar-refractivity contribution in [2.24, 2.45) is 0 Å². The zero-order chi connectivity index (χ0) is 14.3. The molecule has 5 heteroatoms. The molecule has 0 aliphatic heterocycles. The molecule has 2 atom stereocenters. The van der Waals surface area contributed by atoms with Crippen molar-refractivity contribution in [3.63, 3.8) is 0 Å². The highest BCUT2D eigenvalue weighted by molar-refractivity contribution is 5.30. The van der Waals surface area contributed by atoms with Gasteiger partial charge in [0.05, 0.1) is 5.56 Å². The lowest BCUT2D eigenvalue weighted by Gasteiger charge is -2.10. The lowest BCUT2D eigenvalue weighted by atomic mass is 10.1. The molecule has 20 heavy (non-hydrogen) atoms. The summed E-state index contributed by atoms with van der Waals surface area (Å²) in [5.41, 5.74) is 0.382. The third-order valence-corrected chi connectivity index (χ3v) is 3.88. The molecule has 1 heterocycles. The number of nitrogens with zero attached hydrogens (tertiary/aromatic N) is 1. The Balaban J connectivity index is 2.02. The van der Waals surface area contributed by atoms with Gasteiger partial charge in [0.15, 0.2) is 0 Å². The molecule has 1 saturated carbocycles. The number of hydrogen-bond acceptors (Lipinski definition) is 3. The fraction of sp³-hybridized carbons (Fsp3) is 0.333. The Bertz CT molecular complexity index is 746. The smallest absolute Gasteiger partial charge is 0.331 e. The first-order valence-electron chi connectivity index (χ1n) is 6.75. The summed E-state index contributed by atoms with van der Waals surface area (Å²) >= 11 is 0. The minimum Gasteiger partial charge on any atom is -0.494 e. The third-order valence-electron chi connectivity index (χ3n) is 3.88. The molecule has 5 nitrogen and oxygen atoms in total. The lowest BCUT2D eigenvalue weighted by molar-refractivity contribution is 0.393. The standard InChI is InChI=1S/C15H16N2O3/c1-2-10-13(18)16-15(20)17(14(10)19)12-8-11(12)9-6-4-3-5-7-9/h3-7,11-12,19H,2,8H2,1H3,(H,16,18,20). The van der Waals surface area contributed by atoms with E-state index in [1.165, 1.54) is 4.57 Å². The number of H-pyrrole nitrogens is 1. The van der Waals surface area contributed by atoms with Gasteiger partial charge in [0.1, 0.15) is 0 Å². The number of hydrogen-bond donors (Lipinski definition) is 2.